The standard InChI is InChI=1S/C18H16BrF2N3O3S.ClH/c19-15-2-1-13(27-15)17(25)24(4-3-23-5-7-26-8-6-23)18-22-16-12(21)9-11(20)10-14(16)28-18;/h1-2,9-10H,3-8H2;1H. The largest absolute Gasteiger partial charge is 0.444 e. The van der Waals surface area contributed by atoms with Gasteiger partial charge in [-0.25, -0.2) is 13.8 Å². The summed E-state index contributed by atoms with van der Waals surface area (Å²) in [6.07, 6.45) is 0. The Morgan fingerprint density at radius 1 is 1.28 bits per heavy atom. The van der Waals surface area contributed by atoms with Gasteiger partial charge in [-0.15, -0.1) is 12.4 Å². The van der Waals surface area contributed by atoms with E-state index < -0.39 is 11.6 Å². The summed E-state index contributed by atoms with van der Waals surface area (Å²) in [4.78, 5) is 20.9. The molecule has 3 aromatic rings. The number of nitrogens with zero attached hydrogens (tertiary/aromatic N) is 3. The second-order valence-electron chi connectivity index (χ2n) is 6.25. The number of thiazole rings is 1. The van der Waals surface area contributed by atoms with Crippen molar-refractivity contribution < 1.29 is 22.7 Å². The van der Waals surface area contributed by atoms with Crippen molar-refractivity contribution in [2.45, 2.75) is 0 Å². The monoisotopic (exact) mass is 507 g/mol. The van der Waals surface area contributed by atoms with E-state index in [0.29, 0.717) is 40.8 Å². The Balaban J connectivity index is 0.00000240. The molecule has 0 aliphatic carbocycles. The van der Waals surface area contributed by atoms with Crippen LogP contribution in [0.5, 0.6) is 0 Å². The van der Waals surface area contributed by atoms with Crippen molar-refractivity contribution in [3.63, 3.8) is 0 Å². The van der Waals surface area contributed by atoms with Gasteiger partial charge in [0, 0.05) is 32.2 Å². The molecule has 4 rings (SSSR count). The Hall–Kier alpha value is -1.59. The van der Waals surface area contributed by atoms with E-state index in [9.17, 15) is 13.6 Å². The molecule has 1 aliphatic heterocycles. The Bertz CT molecular complexity index is 1010. The third-order valence-corrected chi connectivity index (χ3v) is 5.86. The summed E-state index contributed by atoms with van der Waals surface area (Å²) in [5.41, 5.74) is 0.0474. The van der Waals surface area contributed by atoms with Gasteiger partial charge in [-0.05, 0) is 34.1 Å². The van der Waals surface area contributed by atoms with E-state index in [1.807, 2.05) is 0 Å². The number of halogens is 4. The minimum absolute atomic E-state index is 0. The minimum Gasteiger partial charge on any atom is -0.444 e. The summed E-state index contributed by atoms with van der Waals surface area (Å²) < 4.78 is 39.1. The molecule has 0 atom stereocenters. The SMILES string of the molecule is Cl.O=C(c1ccc(Br)o1)N(CCN1CCOCC1)c1nc2c(F)cc(F)cc2s1. The van der Waals surface area contributed by atoms with Gasteiger partial charge < -0.3 is 9.15 Å². The molecule has 1 aromatic carbocycles. The van der Waals surface area contributed by atoms with Crippen molar-refractivity contribution in [2.75, 3.05) is 44.3 Å². The van der Waals surface area contributed by atoms with Crippen LogP contribution in [0.1, 0.15) is 10.6 Å². The number of morpholine rings is 1. The van der Waals surface area contributed by atoms with Crippen molar-refractivity contribution >= 4 is 60.9 Å². The number of ether oxygens (including phenoxy) is 1. The van der Waals surface area contributed by atoms with E-state index in [1.54, 1.807) is 12.1 Å². The summed E-state index contributed by atoms with van der Waals surface area (Å²) in [6, 6.07) is 5.19. The molecule has 0 spiro atoms. The predicted octanol–water partition coefficient (Wildman–Crippen LogP) is 4.33. The number of fused-ring (bicyclic) bond motifs is 1. The Kier molecular flexibility index (Phi) is 7.23. The first-order chi connectivity index (χ1) is 13.5. The quantitative estimate of drug-likeness (QED) is 0.513. The van der Waals surface area contributed by atoms with Crippen LogP contribution >= 0.6 is 39.7 Å². The molecular weight excluding hydrogens is 492 g/mol. The van der Waals surface area contributed by atoms with E-state index in [1.165, 1.54) is 11.0 Å². The van der Waals surface area contributed by atoms with Gasteiger partial charge in [-0.1, -0.05) is 11.3 Å². The van der Waals surface area contributed by atoms with Gasteiger partial charge >= 0.3 is 0 Å². The lowest BCUT2D eigenvalue weighted by atomic mass is 10.3. The van der Waals surface area contributed by atoms with E-state index in [-0.39, 0.29) is 29.6 Å². The molecule has 0 unspecified atom stereocenters. The number of carbonyl (C=O) groups is 1. The van der Waals surface area contributed by atoms with Gasteiger partial charge in [0.15, 0.2) is 21.4 Å². The van der Waals surface area contributed by atoms with Crippen LogP contribution < -0.4 is 4.90 Å². The highest BCUT2D eigenvalue weighted by Crippen LogP contribution is 2.32. The number of rotatable bonds is 5. The number of aromatic nitrogens is 1. The average molecular weight is 509 g/mol. The third kappa shape index (κ3) is 4.95. The second kappa shape index (κ2) is 9.48. The lowest BCUT2D eigenvalue weighted by Crippen LogP contribution is -2.43. The lowest BCUT2D eigenvalue weighted by molar-refractivity contribution is 0.0390. The maximum Gasteiger partial charge on any atom is 0.295 e. The van der Waals surface area contributed by atoms with Gasteiger partial charge in [0.2, 0.25) is 0 Å². The summed E-state index contributed by atoms with van der Waals surface area (Å²) in [5.74, 6) is -1.68. The second-order valence-corrected chi connectivity index (χ2v) is 8.04. The molecule has 29 heavy (non-hydrogen) atoms. The summed E-state index contributed by atoms with van der Waals surface area (Å²) in [5, 5.41) is 0.297. The van der Waals surface area contributed by atoms with Crippen LogP contribution in [0.3, 0.4) is 0 Å². The highest BCUT2D eigenvalue weighted by atomic mass is 79.9. The normalized spacial score (nSPS) is 14.7. The first-order valence-corrected chi connectivity index (χ1v) is 10.2. The van der Waals surface area contributed by atoms with Crippen LogP contribution in [0, 0.1) is 11.6 Å². The van der Waals surface area contributed by atoms with Crippen LogP contribution in [0.15, 0.2) is 33.4 Å². The van der Waals surface area contributed by atoms with Crippen molar-refractivity contribution in [3.05, 3.63) is 46.3 Å². The molecule has 156 valence electrons. The number of hydrogen-bond acceptors (Lipinski definition) is 6. The van der Waals surface area contributed by atoms with Crippen LogP contribution in [-0.4, -0.2) is 55.2 Å². The first kappa shape index (κ1) is 22.1. The fourth-order valence-corrected chi connectivity index (χ4v) is 4.31. The van der Waals surface area contributed by atoms with Gasteiger partial charge in [-0.3, -0.25) is 14.6 Å². The van der Waals surface area contributed by atoms with Crippen molar-refractivity contribution in [3.8, 4) is 0 Å². The van der Waals surface area contributed by atoms with E-state index in [4.69, 9.17) is 9.15 Å². The Morgan fingerprint density at radius 2 is 2.03 bits per heavy atom. The Morgan fingerprint density at radius 3 is 2.72 bits per heavy atom. The molecular formula is C18H17BrClF2N3O3S. The molecule has 1 amide bonds. The zero-order valence-corrected chi connectivity index (χ0v) is 18.3. The number of benzene rings is 1. The summed E-state index contributed by atoms with van der Waals surface area (Å²) in [6.45, 7) is 3.77. The lowest BCUT2D eigenvalue weighted by Gasteiger charge is -2.28. The zero-order valence-electron chi connectivity index (χ0n) is 15.1. The molecule has 2 aromatic heterocycles. The van der Waals surface area contributed by atoms with Gasteiger partial charge in [0.1, 0.15) is 11.3 Å². The van der Waals surface area contributed by atoms with E-state index in [2.05, 4.69) is 25.8 Å². The van der Waals surface area contributed by atoms with Gasteiger partial charge in [0.25, 0.3) is 5.91 Å². The highest BCUT2D eigenvalue weighted by molar-refractivity contribution is 9.10. The third-order valence-electron chi connectivity index (χ3n) is 4.41. The summed E-state index contributed by atoms with van der Waals surface area (Å²) in [7, 11) is 0. The molecule has 11 heteroatoms. The maximum atomic E-state index is 14.1. The molecule has 0 saturated carbocycles. The smallest absolute Gasteiger partial charge is 0.295 e. The zero-order chi connectivity index (χ0) is 19.7. The van der Waals surface area contributed by atoms with Crippen LogP contribution in [0.25, 0.3) is 10.2 Å². The van der Waals surface area contributed by atoms with Crippen LogP contribution in [-0.2, 0) is 4.74 Å². The first-order valence-electron chi connectivity index (χ1n) is 8.64. The van der Waals surface area contributed by atoms with Gasteiger partial charge in [0.05, 0.1) is 17.9 Å². The molecule has 0 N–H and O–H groups in total. The van der Waals surface area contributed by atoms with E-state index >= 15 is 0 Å². The molecule has 0 radical (unpaired) electrons. The molecule has 6 nitrogen and oxygen atoms in total. The fourth-order valence-electron chi connectivity index (χ4n) is 2.97. The summed E-state index contributed by atoms with van der Waals surface area (Å²) >= 11 is 4.26. The Labute approximate surface area is 184 Å². The predicted molar refractivity (Wildman–Crippen MR) is 112 cm³/mol. The minimum atomic E-state index is -0.751. The number of amides is 1. The maximum absolute atomic E-state index is 14.1. The van der Waals surface area contributed by atoms with Crippen molar-refractivity contribution in [2.24, 2.45) is 0 Å². The van der Waals surface area contributed by atoms with Gasteiger partial charge in [-0.2, -0.15) is 0 Å². The van der Waals surface area contributed by atoms with Crippen LogP contribution in [0.4, 0.5) is 13.9 Å². The molecule has 1 saturated heterocycles. The van der Waals surface area contributed by atoms with Crippen LogP contribution in [0.2, 0.25) is 0 Å². The van der Waals surface area contributed by atoms with Crippen molar-refractivity contribution in [1.82, 2.24) is 9.88 Å². The number of furan rings is 1. The molecule has 3 heterocycles. The topological polar surface area (TPSA) is 58.8 Å². The molecule has 0 bridgehead atoms. The number of carbonyl (C=O) groups excluding carboxylic acids is 1. The average Bonchev–Trinajstić information content (AvgIpc) is 3.29. The fraction of sp³-hybridized carbons (Fsp3) is 0.333. The highest BCUT2D eigenvalue weighted by Gasteiger charge is 2.25. The van der Waals surface area contributed by atoms with E-state index in [0.717, 1.165) is 30.5 Å². The van der Waals surface area contributed by atoms with Crippen molar-refractivity contribution in [1.29, 1.82) is 0 Å². The number of anilines is 1. The molecule has 1 aliphatic rings. The number of hydrogen-bond donors (Lipinski definition) is 0. The molecule has 1 fully saturated rings.